The number of aromatic nitrogens is 2. The Labute approximate surface area is 191 Å². The third-order valence-corrected chi connectivity index (χ3v) is 6.13. The quantitative estimate of drug-likeness (QED) is 0.164. The largest absolute Gasteiger partial charge is 0.342 e. The fraction of sp³-hybridized carbons (Fsp3) is 0.679. The van der Waals surface area contributed by atoms with Gasteiger partial charge in [-0.25, -0.2) is 9.13 Å². The second-order valence-electron chi connectivity index (χ2n) is 8.93. The van der Waals surface area contributed by atoms with Gasteiger partial charge in [-0.15, -0.1) is 0 Å². The lowest BCUT2D eigenvalue weighted by Gasteiger charge is -2.07. The Kier molecular flexibility index (Phi) is 14.1. The van der Waals surface area contributed by atoms with Crippen molar-refractivity contribution in [3.8, 4) is 11.4 Å². The number of nitrogens with zero attached hydrogens (tertiary/aromatic N) is 2. The summed E-state index contributed by atoms with van der Waals surface area (Å²) >= 11 is 0. The van der Waals surface area contributed by atoms with Crippen LogP contribution in [0, 0.1) is 0 Å². The van der Waals surface area contributed by atoms with Crippen LogP contribution in [0.5, 0.6) is 0 Å². The number of rotatable bonds is 19. The van der Waals surface area contributed by atoms with E-state index in [1.54, 1.807) is 0 Å². The first-order chi connectivity index (χ1) is 15.4. The minimum atomic E-state index is 0.642. The van der Waals surface area contributed by atoms with Crippen LogP contribution in [0.3, 0.4) is 0 Å². The first-order valence-corrected chi connectivity index (χ1v) is 13.1. The lowest BCUT2D eigenvalue weighted by Crippen LogP contribution is -2.36. The van der Waals surface area contributed by atoms with Crippen LogP contribution in [0.2, 0.25) is 0 Å². The molecular formula is C28H47N2O+. The number of unbranched alkanes of at least 4 members (excludes halogenated alkanes) is 12. The predicted molar refractivity (Wildman–Crippen MR) is 132 cm³/mol. The molecule has 2 aromatic rings. The summed E-state index contributed by atoms with van der Waals surface area (Å²) < 4.78 is 10.7. The van der Waals surface area contributed by atoms with E-state index in [-0.39, 0.29) is 0 Å². The van der Waals surface area contributed by atoms with Crippen LogP contribution in [0.25, 0.3) is 11.4 Å². The van der Waals surface area contributed by atoms with Gasteiger partial charge in [0.05, 0.1) is 18.7 Å². The topological polar surface area (TPSA) is 18.0 Å². The zero-order chi connectivity index (χ0) is 22.0. The molecule has 0 atom stereocenters. The molecule has 0 aliphatic rings. The fourth-order valence-electron chi connectivity index (χ4n) is 4.23. The van der Waals surface area contributed by atoms with Crippen molar-refractivity contribution in [2.45, 2.75) is 117 Å². The Morgan fingerprint density at radius 3 is 1.94 bits per heavy atom. The second-order valence-corrected chi connectivity index (χ2v) is 8.93. The van der Waals surface area contributed by atoms with Gasteiger partial charge < -0.3 is 4.74 Å². The van der Waals surface area contributed by atoms with E-state index in [0.29, 0.717) is 6.73 Å². The van der Waals surface area contributed by atoms with Gasteiger partial charge in [0.25, 0.3) is 5.82 Å². The van der Waals surface area contributed by atoms with Gasteiger partial charge in [0.15, 0.2) is 6.73 Å². The second kappa shape index (κ2) is 17.0. The van der Waals surface area contributed by atoms with Crippen LogP contribution < -0.4 is 4.57 Å². The molecular weight excluding hydrogens is 380 g/mol. The van der Waals surface area contributed by atoms with Gasteiger partial charge in [0.1, 0.15) is 12.4 Å². The molecule has 1 aromatic carbocycles. The van der Waals surface area contributed by atoms with Crippen molar-refractivity contribution in [1.29, 1.82) is 0 Å². The summed E-state index contributed by atoms with van der Waals surface area (Å²) in [7, 11) is 0. The van der Waals surface area contributed by atoms with Gasteiger partial charge >= 0.3 is 0 Å². The summed E-state index contributed by atoms with van der Waals surface area (Å²) in [5.74, 6) is 1.26. The van der Waals surface area contributed by atoms with E-state index in [1.165, 1.54) is 101 Å². The summed E-state index contributed by atoms with van der Waals surface area (Å²) in [5, 5.41) is 0. The smallest absolute Gasteiger partial charge is 0.290 e. The highest BCUT2D eigenvalue weighted by atomic mass is 16.5. The van der Waals surface area contributed by atoms with Crippen LogP contribution in [0.1, 0.15) is 104 Å². The van der Waals surface area contributed by atoms with Gasteiger partial charge in [-0.05, 0) is 31.4 Å². The van der Waals surface area contributed by atoms with Crippen LogP contribution in [-0.4, -0.2) is 11.2 Å². The van der Waals surface area contributed by atoms with E-state index in [4.69, 9.17) is 4.74 Å². The zero-order valence-corrected chi connectivity index (χ0v) is 20.4. The molecule has 0 aliphatic carbocycles. The van der Waals surface area contributed by atoms with E-state index in [1.807, 2.05) is 0 Å². The first kappa shape index (κ1) is 25.6. The number of benzene rings is 1. The highest BCUT2D eigenvalue weighted by Crippen LogP contribution is 2.17. The first-order valence-electron chi connectivity index (χ1n) is 13.1. The summed E-state index contributed by atoms with van der Waals surface area (Å²) in [6.45, 7) is 7.14. The van der Waals surface area contributed by atoms with Crippen molar-refractivity contribution in [3.63, 3.8) is 0 Å². The van der Waals surface area contributed by atoms with E-state index < -0.39 is 0 Å². The van der Waals surface area contributed by atoms with Crippen molar-refractivity contribution in [1.82, 2.24) is 4.57 Å². The van der Waals surface area contributed by atoms with E-state index in [2.05, 4.69) is 65.7 Å². The number of ether oxygens (including phenoxy) is 1. The Bertz CT molecular complexity index is 665. The predicted octanol–water partition coefficient (Wildman–Crippen LogP) is 7.92. The molecule has 0 fully saturated rings. The minimum absolute atomic E-state index is 0.642. The van der Waals surface area contributed by atoms with Gasteiger partial charge in [0.2, 0.25) is 0 Å². The number of hydrogen-bond donors (Lipinski definition) is 0. The Hall–Kier alpha value is -1.61. The SMILES string of the molecule is CCCCCCCCCCCCOC[n+]1ccn(CCCCCC)c1-c1ccccc1. The maximum atomic E-state index is 6.06. The van der Waals surface area contributed by atoms with E-state index in [9.17, 15) is 0 Å². The van der Waals surface area contributed by atoms with Crippen LogP contribution in [-0.2, 0) is 18.0 Å². The molecule has 31 heavy (non-hydrogen) atoms. The van der Waals surface area contributed by atoms with Crippen molar-refractivity contribution in [2.75, 3.05) is 6.61 Å². The Balaban J connectivity index is 1.69. The minimum Gasteiger partial charge on any atom is -0.342 e. The maximum Gasteiger partial charge on any atom is 0.290 e. The van der Waals surface area contributed by atoms with Crippen molar-refractivity contribution < 1.29 is 9.30 Å². The van der Waals surface area contributed by atoms with Gasteiger partial charge in [-0.2, -0.15) is 0 Å². The Morgan fingerprint density at radius 1 is 0.710 bits per heavy atom. The average molecular weight is 428 g/mol. The average Bonchev–Trinajstić information content (AvgIpc) is 3.20. The van der Waals surface area contributed by atoms with Crippen LogP contribution in [0.15, 0.2) is 42.7 Å². The van der Waals surface area contributed by atoms with Crippen LogP contribution >= 0.6 is 0 Å². The third-order valence-electron chi connectivity index (χ3n) is 6.13. The molecule has 3 heteroatoms. The molecule has 1 aromatic heterocycles. The summed E-state index contributed by atoms with van der Waals surface area (Å²) in [6, 6.07) is 10.7. The third kappa shape index (κ3) is 10.5. The molecule has 1 heterocycles. The maximum absolute atomic E-state index is 6.06. The molecule has 0 N–H and O–H groups in total. The van der Waals surface area contributed by atoms with Crippen molar-refractivity contribution in [3.05, 3.63) is 42.7 Å². The molecule has 0 bridgehead atoms. The highest BCUT2D eigenvalue weighted by Gasteiger charge is 2.19. The lowest BCUT2D eigenvalue weighted by atomic mass is 10.1. The molecule has 0 radical (unpaired) electrons. The normalized spacial score (nSPS) is 11.3. The molecule has 2 rings (SSSR count). The van der Waals surface area contributed by atoms with Gasteiger partial charge in [0, 0.05) is 0 Å². The molecule has 0 amide bonds. The van der Waals surface area contributed by atoms with Crippen molar-refractivity contribution in [2.24, 2.45) is 0 Å². The number of imidazole rings is 1. The number of hydrogen-bond acceptors (Lipinski definition) is 1. The summed E-state index contributed by atoms with van der Waals surface area (Å²) in [6.07, 6.45) is 23.2. The van der Waals surface area contributed by atoms with E-state index >= 15 is 0 Å². The fourth-order valence-corrected chi connectivity index (χ4v) is 4.23. The molecule has 0 spiro atoms. The summed E-state index contributed by atoms with van der Waals surface area (Å²) in [5.41, 5.74) is 1.27. The van der Waals surface area contributed by atoms with Crippen molar-refractivity contribution >= 4 is 0 Å². The van der Waals surface area contributed by atoms with Gasteiger partial charge in [-0.3, -0.25) is 0 Å². The monoisotopic (exact) mass is 427 g/mol. The standard InChI is InChI=1S/C28H47N2O/c1-3-5-7-9-10-11-12-13-14-19-25-31-26-30-24-23-29(22-18-8-6-4-2)28(30)27-20-16-15-17-21-27/h15-17,20-21,23-24H,3-14,18-19,22,25-26H2,1-2H3/q+1. The highest BCUT2D eigenvalue weighted by molar-refractivity contribution is 5.52. The lowest BCUT2D eigenvalue weighted by molar-refractivity contribution is -0.722. The molecule has 0 saturated heterocycles. The molecule has 3 nitrogen and oxygen atoms in total. The van der Waals surface area contributed by atoms with Crippen LogP contribution in [0.4, 0.5) is 0 Å². The zero-order valence-electron chi connectivity index (χ0n) is 20.4. The van der Waals surface area contributed by atoms with Gasteiger partial charge in [-0.1, -0.05) is 103 Å². The van der Waals surface area contributed by atoms with E-state index in [0.717, 1.165) is 13.2 Å². The molecule has 174 valence electrons. The molecule has 0 saturated carbocycles. The number of aryl methyl sites for hydroxylation is 1. The molecule has 0 unspecified atom stereocenters. The molecule has 0 aliphatic heterocycles. The summed E-state index contributed by atoms with van der Waals surface area (Å²) in [4.78, 5) is 0. The Morgan fingerprint density at radius 2 is 1.29 bits per heavy atom.